The van der Waals surface area contributed by atoms with Crippen LogP contribution in [0, 0.1) is 0 Å². The van der Waals surface area contributed by atoms with Crippen molar-refractivity contribution in [1.29, 1.82) is 0 Å². The van der Waals surface area contributed by atoms with Gasteiger partial charge in [-0.1, -0.05) is 20.8 Å². The highest BCUT2D eigenvalue weighted by molar-refractivity contribution is 7.87. The number of rotatable bonds is 9. The van der Waals surface area contributed by atoms with E-state index in [1.807, 2.05) is 13.8 Å². The largest absolute Gasteiger partial charge is 0.315 e. The summed E-state index contributed by atoms with van der Waals surface area (Å²) < 4.78 is 27.2. The third kappa shape index (κ3) is 6.09. The zero-order valence-electron chi connectivity index (χ0n) is 9.91. The lowest BCUT2D eigenvalue weighted by molar-refractivity contribution is 0.434. The lowest BCUT2D eigenvalue weighted by Gasteiger charge is -2.18. The van der Waals surface area contributed by atoms with Gasteiger partial charge in [0.2, 0.25) is 0 Å². The van der Waals surface area contributed by atoms with Crippen LogP contribution < -0.4 is 10.0 Å². The van der Waals surface area contributed by atoms with Crippen LogP contribution in [-0.4, -0.2) is 45.4 Å². The second kappa shape index (κ2) is 8.04. The molecule has 0 saturated carbocycles. The Labute approximate surface area is 93.4 Å². The fourth-order valence-electron chi connectivity index (χ4n) is 1.22. The Bertz CT molecular complexity index is 238. The van der Waals surface area contributed by atoms with Gasteiger partial charge in [0.1, 0.15) is 0 Å². The molecule has 0 radical (unpaired) electrons. The van der Waals surface area contributed by atoms with Crippen molar-refractivity contribution in [3.63, 3.8) is 0 Å². The minimum absolute atomic E-state index is 0.443. The molecule has 15 heavy (non-hydrogen) atoms. The minimum atomic E-state index is -3.27. The highest BCUT2D eigenvalue weighted by atomic mass is 32.2. The summed E-state index contributed by atoms with van der Waals surface area (Å²) in [5, 5.41) is 3.14. The van der Waals surface area contributed by atoms with E-state index in [2.05, 4.69) is 17.0 Å². The normalized spacial score (nSPS) is 12.3. The van der Waals surface area contributed by atoms with Gasteiger partial charge in [-0.3, -0.25) is 0 Å². The Morgan fingerprint density at radius 3 is 2.07 bits per heavy atom. The molecule has 0 aromatic heterocycles. The summed E-state index contributed by atoms with van der Waals surface area (Å²) in [7, 11) is -3.27. The molecule has 0 bridgehead atoms. The molecule has 2 N–H and O–H groups in total. The topological polar surface area (TPSA) is 61.4 Å². The highest BCUT2D eigenvalue weighted by Crippen LogP contribution is 1.95. The van der Waals surface area contributed by atoms with Crippen molar-refractivity contribution in [2.75, 3.05) is 32.7 Å². The lowest BCUT2D eigenvalue weighted by atomic mass is 10.5. The van der Waals surface area contributed by atoms with E-state index in [1.54, 1.807) is 0 Å². The predicted octanol–water partition coefficient (Wildman–Crippen LogP) is 0.162. The first-order valence-electron chi connectivity index (χ1n) is 5.53. The first kappa shape index (κ1) is 14.8. The molecule has 6 heteroatoms. The van der Waals surface area contributed by atoms with E-state index >= 15 is 0 Å². The molecule has 5 nitrogen and oxygen atoms in total. The Balaban J connectivity index is 3.83. The molecule has 0 atom stereocenters. The summed E-state index contributed by atoms with van der Waals surface area (Å²) in [5.41, 5.74) is 0. The zero-order valence-corrected chi connectivity index (χ0v) is 10.7. The van der Waals surface area contributed by atoms with E-state index in [4.69, 9.17) is 0 Å². The molecule has 0 aliphatic carbocycles. The number of hydrogen-bond donors (Lipinski definition) is 2. The van der Waals surface area contributed by atoms with Gasteiger partial charge in [-0.2, -0.15) is 12.7 Å². The van der Waals surface area contributed by atoms with Gasteiger partial charge in [-0.15, -0.1) is 0 Å². The second-order valence-electron chi connectivity index (χ2n) is 3.23. The monoisotopic (exact) mass is 237 g/mol. The predicted molar refractivity (Wildman–Crippen MR) is 63.0 cm³/mol. The summed E-state index contributed by atoms with van der Waals surface area (Å²) in [6.07, 6.45) is 1.06. The third-order valence-corrected chi connectivity index (χ3v) is 3.82. The zero-order chi connectivity index (χ0) is 11.7. The van der Waals surface area contributed by atoms with Crippen LogP contribution in [0.25, 0.3) is 0 Å². The molecular formula is C9H23N3O2S. The van der Waals surface area contributed by atoms with Crippen LogP contribution in [-0.2, 0) is 10.2 Å². The van der Waals surface area contributed by atoms with Gasteiger partial charge in [0.25, 0.3) is 10.2 Å². The highest BCUT2D eigenvalue weighted by Gasteiger charge is 2.16. The summed E-state index contributed by atoms with van der Waals surface area (Å²) in [4.78, 5) is 0. The molecule has 0 aromatic rings. The van der Waals surface area contributed by atoms with E-state index in [-0.39, 0.29) is 0 Å². The fraction of sp³-hybridized carbons (Fsp3) is 1.00. The summed E-state index contributed by atoms with van der Waals surface area (Å²) >= 11 is 0. The molecule has 92 valence electrons. The van der Waals surface area contributed by atoms with Crippen LogP contribution in [0.4, 0.5) is 0 Å². The maximum Gasteiger partial charge on any atom is 0.279 e. The van der Waals surface area contributed by atoms with E-state index in [9.17, 15) is 8.42 Å². The molecular weight excluding hydrogens is 214 g/mol. The van der Waals surface area contributed by atoms with Gasteiger partial charge in [0.15, 0.2) is 0 Å². The smallest absolute Gasteiger partial charge is 0.279 e. The third-order valence-electron chi connectivity index (χ3n) is 2.06. The Kier molecular flexibility index (Phi) is 7.95. The lowest BCUT2D eigenvalue weighted by Crippen LogP contribution is -2.42. The summed E-state index contributed by atoms with van der Waals surface area (Å²) in [6.45, 7) is 8.80. The average molecular weight is 237 g/mol. The van der Waals surface area contributed by atoms with Crippen molar-refractivity contribution >= 4 is 10.2 Å². The van der Waals surface area contributed by atoms with Crippen molar-refractivity contribution in [1.82, 2.24) is 14.3 Å². The van der Waals surface area contributed by atoms with Crippen LogP contribution >= 0.6 is 0 Å². The first-order chi connectivity index (χ1) is 7.08. The van der Waals surface area contributed by atoms with E-state index in [0.29, 0.717) is 26.2 Å². The Morgan fingerprint density at radius 1 is 1.00 bits per heavy atom. The SMILES string of the molecule is CCCNCCNS(=O)(=O)N(CC)CC. The van der Waals surface area contributed by atoms with Gasteiger partial charge >= 0.3 is 0 Å². The minimum Gasteiger partial charge on any atom is -0.315 e. The van der Waals surface area contributed by atoms with Crippen LogP contribution in [0.1, 0.15) is 27.2 Å². The van der Waals surface area contributed by atoms with Crippen LogP contribution in [0.2, 0.25) is 0 Å². The molecule has 0 rings (SSSR count). The van der Waals surface area contributed by atoms with E-state index in [0.717, 1.165) is 13.0 Å². The molecule has 0 amide bonds. The first-order valence-corrected chi connectivity index (χ1v) is 6.97. The second-order valence-corrected chi connectivity index (χ2v) is 4.99. The van der Waals surface area contributed by atoms with Crippen molar-refractivity contribution in [2.24, 2.45) is 0 Å². The molecule has 0 saturated heterocycles. The molecule has 0 heterocycles. The maximum atomic E-state index is 11.6. The average Bonchev–Trinajstić information content (AvgIpc) is 2.18. The van der Waals surface area contributed by atoms with Crippen molar-refractivity contribution in [2.45, 2.75) is 27.2 Å². The van der Waals surface area contributed by atoms with Gasteiger partial charge in [0, 0.05) is 26.2 Å². The number of nitrogens with one attached hydrogen (secondary N) is 2. The van der Waals surface area contributed by atoms with Crippen LogP contribution in [0.15, 0.2) is 0 Å². The number of hydrogen-bond acceptors (Lipinski definition) is 3. The van der Waals surface area contributed by atoms with E-state index in [1.165, 1.54) is 4.31 Å². The van der Waals surface area contributed by atoms with Gasteiger partial charge in [-0.05, 0) is 13.0 Å². The molecule has 0 aromatic carbocycles. The standard InChI is InChI=1S/C9H23N3O2S/c1-4-7-10-8-9-11-15(13,14)12(5-2)6-3/h10-11H,4-9H2,1-3H3. The summed E-state index contributed by atoms with van der Waals surface area (Å²) in [5.74, 6) is 0. The van der Waals surface area contributed by atoms with Gasteiger partial charge < -0.3 is 5.32 Å². The van der Waals surface area contributed by atoms with Gasteiger partial charge in [0.05, 0.1) is 0 Å². The summed E-state index contributed by atoms with van der Waals surface area (Å²) in [6, 6.07) is 0. The Morgan fingerprint density at radius 2 is 1.60 bits per heavy atom. The van der Waals surface area contributed by atoms with Crippen molar-refractivity contribution in [3.8, 4) is 0 Å². The van der Waals surface area contributed by atoms with E-state index < -0.39 is 10.2 Å². The molecule has 0 unspecified atom stereocenters. The van der Waals surface area contributed by atoms with Crippen molar-refractivity contribution < 1.29 is 8.42 Å². The molecule has 0 spiro atoms. The quantitative estimate of drug-likeness (QED) is 0.562. The fourth-order valence-corrected chi connectivity index (χ4v) is 2.45. The van der Waals surface area contributed by atoms with Crippen molar-refractivity contribution in [3.05, 3.63) is 0 Å². The molecule has 0 aliphatic heterocycles. The maximum absolute atomic E-state index is 11.6. The van der Waals surface area contributed by atoms with Crippen LogP contribution in [0.5, 0.6) is 0 Å². The molecule has 0 aliphatic rings. The van der Waals surface area contributed by atoms with Gasteiger partial charge in [-0.25, -0.2) is 4.72 Å². The van der Waals surface area contributed by atoms with Crippen LogP contribution in [0.3, 0.4) is 0 Å². The molecule has 0 fully saturated rings. The Hall–Kier alpha value is -0.170. The number of nitrogens with zero attached hydrogens (tertiary/aromatic N) is 1.